The molecule has 0 aromatic heterocycles. The highest BCUT2D eigenvalue weighted by molar-refractivity contribution is 6.61. The Bertz CT molecular complexity index is 649. The maximum absolute atomic E-state index is 5.98. The number of hydrogen-bond acceptors (Lipinski definition) is 2. The molecule has 4 heteroatoms. The first-order valence-electron chi connectivity index (χ1n) is 9.85. The van der Waals surface area contributed by atoms with Gasteiger partial charge in [0.1, 0.15) is 0 Å². The van der Waals surface area contributed by atoms with Gasteiger partial charge in [0.05, 0.1) is 0 Å². The molecule has 2 aromatic rings. The minimum atomic E-state index is -0.231. The molecular weight excluding hydrogens is 343 g/mol. The average molecular weight is 371 g/mol. The van der Waals surface area contributed by atoms with Crippen molar-refractivity contribution in [1.29, 1.82) is 0 Å². The molecule has 2 aromatic carbocycles. The van der Waals surface area contributed by atoms with Crippen LogP contribution in [0.4, 0.5) is 0 Å². The fourth-order valence-electron chi connectivity index (χ4n) is 3.41. The predicted octanol–water partition coefficient (Wildman–Crippen LogP) is 5.73. The lowest BCUT2D eigenvalue weighted by Crippen LogP contribution is -2.44. The molecule has 1 aliphatic rings. The van der Waals surface area contributed by atoms with E-state index in [2.05, 4.69) is 31.2 Å². The van der Waals surface area contributed by atoms with Gasteiger partial charge in [-0.25, -0.2) is 0 Å². The average Bonchev–Trinajstić information content (AvgIpc) is 2.69. The summed E-state index contributed by atoms with van der Waals surface area (Å²) in [7, 11) is -0.231. The lowest BCUT2D eigenvalue weighted by molar-refractivity contribution is 0.0810. The molecule has 138 valence electrons. The first kappa shape index (κ1) is 19.5. The summed E-state index contributed by atoms with van der Waals surface area (Å²) in [5.41, 5.74) is 3.42. The summed E-state index contributed by atoms with van der Waals surface area (Å²) in [4.78, 5) is 0. The van der Waals surface area contributed by atoms with Crippen molar-refractivity contribution in [2.45, 2.75) is 45.4 Å². The molecule has 0 spiro atoms. The van der Waals surface area contributed by atoms with Crippen LogP contribution in [0.5, 0.6) is 0 Å². The Morgan fingerprint density at radius 3 is 2.04 bits per heavy atom. The van der Waals surface area contributed by atoms with Crippen molar-refractivity contribution in [2.75, 3.05) is 13.2 Å². The zero-order valence-electron chi connectivity index (χ0n) is 15.6. The smallest absolute Gasteiger partial charge is 0.407 e. The van der Waals surface area contributed by atoms with Crippen molar-refractivity contribution in [3.63, 3.8) is 0 Å². The predicted molar refractivity (Wildman–Crippen MR) is 111 cm³/mol. The second-order valence-electron chi connectivity index (χ2n) is 7.20. The molecular formula is C22H28BClO2. The van der Waals surface area contributed by atoms with Crippen LogP contribution in [0, 0.1) is 5.92 Å². The van der Waals surface area contributed by atoms with E-state index in [-0.39, 0.29) is 7.12 Å². The van der Waals surface area contributed by atoms with E-state index in [1.807, 2.05) is 24.3 Å². The van der Waals surface area contributed by atoms with Gasteiger partial charge in [0.15, 0.2) is 0 Å². The van der Waals surface area contributed by atoms with Gasteiger partial charge in [-0.3, -0.25) is 0 Å². The Balaban J connectivity index is 1.46. The summed E-state index contributed by atoms with van der Waals surface area (Å²) in [5, 5.41) is 0.759. The Morgan fingerprint density at radius 2 is 1.42 bits per heavy atom. The van der Waals surface area contributed by atoms with Crippen LogP contribution in [-0.2, 0) is 9.31 Å². The molecule has 26 heavy (non-hydrogen) atoms. The second kappa shape index (κ2) is 10.2. The molecule has 0 unspecified atom stereocenters. The molecule has 0 saturated carbocycles. The standard InChI is InChI=1S/C22H28BClO2/c1-2-3-4-5-6-7-18-16-25-23(26-17-18)21-12-8-19(9-13-21)20-10-14-22(24)15-11-20/h8-15,18H,2-7,16-17H2,1H3. The van der Waals surface area contributed by atoms with Crippen molar-refractivity contribution in [1.82, 2.24) is 0 Å². The topological polar surface area (TPSA) is 18.5 Å². The summed E-state index contributed by atoms with van der Waals surface area (Å²) in [5.74, 6) is 0.543. The Labute approximate surface area is 163 Å². The van der Waals surface area contributed by atoms with Gasteiger partial charge in [0.2, 0.25) is 0 Å². The van der Waals surface area contributed by atoms with Gasteiger partial charge in [0.25, 0.3) is 0 Å². The van der Waals surface area contributed by atoms with E-state index in [4.69, 9.17) is 20.9 Å². The van der Waals surface area contributed by atoms with Gasteiger partial charge in [-0.2, -0.15) is 0 Å². The second-order valence-corrected chi connectivity index (χ2v) is 7.63. The first-order valence-corrected chi connectivity index (χ1v) is 10.2. The maximum atomic E-state index is 5.98. The number of unbranched alkanes of at least 4 members (excludes halogenated alkanes) is 4. The number of halogens is 1. The van der Waals surface area contributed by atoms with Crippen molar-refractivity contribution in [3.05, 3.63) is 53.6 Å². The molecule has 0 bridgehead atoms. The van der Waals surface area contributed by atoms with Crippen LogP contribution in [0.3, 0.4) is 0 Å². The van der Waals surface area contributed by atoms with Gasteiger partial charge in [-0.15, -0.1) is 0 Å². The fourth-order valence-corrected chi connectivity index (χ4v) is 3.54. The Hall–Kier alpha value is -1.29. The Morgan fingerprint density at radius 1 is 0.846 bits per heavy atom. The van der Waals surface area contributed by atoms with E-state index >= 15 is 0 Å². The van der Waals surface area contributed by atoms with E-state index in [0.29, 0.717) is 5.92 Å². The highest BCUT2D eigenvalue weighted by Gasteiger charge is 2.28. The highest BCUT2D eigenvalue weighted by Crippen LogP contribution is 2.21. The molecule has 0 aliphatic carbocycles. The third-order valence-electron chi connectivity index (χ3n) is 5.04. The third-order valence-corrected chi connectivity index (χ3v) is 5.29. The monoisotopic (exact) mass is 370 g/mol. The third kappa shape index (κ3) is 5.60. The van der Waals surface area contributed by atoms with Crippen molar-refractivity contribution < 1.29 is 9.31 Å². The number of rotatable bonds is 8. The van der Waals surface area contributed by atoms with Gasteiger partial charge in [-0.1, -0.05) is 87.0 Å². The molecule has 1 aliphatic heterocycles. The molecule has 1 heterocycles. The highest BCUT2D eigenvalue weighted by atomic mass is 35.5. The van der Waals surface area contributed by atoms with Crippen LogP contribution in [-0.4, -0.2) is 20.3 Å². The van der Waals surface area contributed by atoms with E-state index in [1.54, 1.807) is 0 Å². The largest absolute Gasteiger partial charge is 0.493 e. The van der Waals surface area contributed by atoms with E-state index in [0.717, 1.165) is 29.3 Å². The molecule has 3 rings (SSSR count). The molecule has 1 fully saturated rings. The zero-order valence-corrected chi connectivity index (χ0v) is 16.4. The summed E-state index contributed by atoms with van der Waals surface area (Å²) < 4.78 is 12.0. The van der Waals surface area contributed by atoms with E-state index < -0.39 is 0 Å². The van der Waals surface area contributed by atoms with Gasteiger partial charge in [-0.05, 0) is 35.1 Å². The fraction of sp³-hybridized carbons (Fsp3) is 0.455. The molecule has 0 radical (unpaired) electrons. The SMILES string of the molecule is CCCCCCCC1COB(c2ccc(-c3ccc(Cl)cc3)cc2)OC1. The molecule has 0 atom stereocenters. The molecule has 2 nitrogen and oxygen atoms in total. The molecule has 0 amide bonds. The minimum absolute atomic E-state index is 0.231. The lowest BCUT2D eigenvalue weighted by Gasteiger charge is -2.27. The minimum Gasteiger partial charge on any atom is -0.407 e. The normalized spacial score (nSPS) is 15.4. The summed E-state index contributed by atoms with van der Waals surface area (Å²) >= 11 is 5.96. The maximum Gasteiger partial charge on any atom is 0.493 e. The van der Waals surface area contributed by atoms with Gasteiger partial charge in [0, 0.05) is 24.2 Å². The zero-order chi connectivity index (χ0) is 18.2. The van der Waals surface area contributed by atoms with Crippen LogP contribution in [0.25, 0.3) is 11.1 Å². The lowest BCUT2D eigenvalue weighted by atomic mass is 9.76. The van der Waals surface area contributed by atoms with Crippen molar-refractivity contribution >= 4 is 24.2 Å². The Kier molecular flexibility index (Phi) is 7.61. The summed E-state index contributed by atoms with van der Waals surface area (Å²) in [6.07, 6.45) is 7.84. The van der Waals surface area contributed by atoms with E-state index in [9.17, 15) is 0 Å². The van der Waals surface area contributed by atoms with Crippen LogP contribution >= 0.6 is 11.6 Å². The number of benzene rings is 2. The quantitative estimate of drug-likeness (QED) is 0.436. The first-order chi connectivity index (χ1) is 12.8. The van der Waals surface area contributed by atoms with Crippen molar-refractivity contribution in [2.24, 2.45) is 5.92 Å². The van der Waals surface area contributed by atoms with Crippen LogP contribution in [0.1, 0.15) is 45.4 Å². The molecule has 0 N–H and O–H groups in total. The van der Waals surface area contributed by atoms with Crippen LogP contribution in [0.2, 0.25) is 5.02 Å². The molecule has 1 saturated heterocycles. The van der Waals surface area contributed by atoms with E-state index in [1.165, 1.54) is 44.1 Å². The van der Waals surface area contributed by atoms with Gasteiger partial charge < -0.3 is 9.31 Å². The van der Waals surface area contributed by atoms with Crippen molar-refractivity contribution in [3.8, 4) is 11.1 Å². The summed E-state index contributed by atoms with van der Waals surface area (Å²) in [6.45, 7) is 3.86. The van der Waals surface area contributed by atoms with Crippen LogP contribution < -0.4 is 5.46 Å². The van der Waals surface area contributed by atoms with Gasteiger partial charge >= 0.3 is 7.12 Å². The van der Waals surface area contributed by atoms with Crippen LogP contribution in [0.15, 0.2) is 48.5 Å². The summed E-state index contributed by atoms with van der Waals surface area (Å²) in [6, 6.07) is 16.3. The number of hydrogen-bond donors (Lipinski definition) is 0.